The number of nitrogens with zero attached hydrogens (tertiary/aromatic N) is 4. The fourth-order valence-corrected chi connectivity index (χ4v) is 6.31. The van der Waals surface area contributed by atoms with Gasteiger partial charge in [-0.3, -0.25) is 4.79 Å². The Bertz CT molecular complexity index is 1490. The molecule has 0 unspecified atom stereocenters. The van der Waals surface area contributed by atoms with Gasteiger partial charge in [0.25, 0.3) is 5.91 Å². The van der Waals surface area contributed by atoms with Crippen LogP contribution in [0.3, 0.4) is 0 Å². The molecular weight excluding hydrogens is 527 g/mol. The molecule has 0 radical (unpaired) electrons. The summed E-state index contributed by atoms with van der Waals surface area (Å²) in [5.41, 5.74) is 5.23. The summed E-state index contributed by atoms with van der Waals surface area (Å²) in [4.78, 5) is 23.1. The average molecular weight is 554 g/mol. The van der Waals surface area contributed by atoms with Gasteiger partial charge in [-0.2, -0.15) is 17.5 Å². The maximum atomic E-state index is 13.4. The van der Waals surface area contributed by atoms with Gasteiger partial charge < -0.3 is 19.8 Å². The smallest absolute Gasteiger partial charge is 0.433 e. The second kappa shape index (κ2) is 9.50. The fraction of sp³-hybridized carbons (Fsp3) is 0.458. The van der Waals surface area contributed by atoms with Crippen molar-refractivity contribution in [3.63, 3.8) is 0 Å². The van der Waals surface area contributed by atoms with E-state index in [1.165, 1.54) is 28.4 Å². The Labute approximate surface area is 216 Å². The van der Waals surface area contributed by atoms with Gasteiger partial charge in [0.15, 0.2) is 11.5 Å². The van der Waals surface area contributed by atoms with Crippen LogP contribution >= 0.6 is 0 Å². The van der Waals surface area contributed by atoms with Crippen molar-refractivity contribution in [1.82, 2.24) is 19.2 Å². The van der Waals surface area contributed by atoms with E-state index in [0.29, 0.717) is 18.4 Å². The number of carbonyl (C=O) groups is 1. The maximum Gasteiger partial charge on any atom is 0.433 e. The van der Waals surface area contributed by atoms with Gasteiger partial charge >= 0.3 is 6.18 Å². The molecule has 2 aliphatic rings. The van der Waals surface area contributed by atoms with Crippen LogP contribution in [0.1, 0.15) is 47.7 Å². The lowest BCUT2D eigenvalue weighted by Gasteiger charge is -2.33. The van der Waals surface area contributed by atoms with Gasteiger partial charge in [0.1, 0.15) is 17.0 Å². The predicted molar refractivity (Wildman–Crippen MR) is 131 cm³/mol. The number of rotatable bonds is 6. The third-order valence-corrected chi connectivity index (χ3v) is 9.06. The van der Waals surface area contributed by atoms with Crippen molar-refractivity contribution in [2.45, 2.75) is 37.2 Å². The first kappa shape index (κ1) is 26.4. The highest BCUT2D eigenvalue weighted by atomic mass is 32.2. The topological polar surface area (TPSA) is 132 Å². The number of pyridine rings is 1. The van der Waals surface area contributed by atoms with Crippen LogP contribution in [0, 0.1) is 0 Å². The molecule has 1 saturated heterocycles. The monoisotopic (exact) mass is 553 g/mol. The first-order chi connectivity index (χ1) is 17.9. The molecule has 204 valence electrons. The molecule has 1 atom stereocenters. The van der Waals surface area contributed by atoms with Crippen LogP contribution in [0.15, 0.2) is 28.7 Å². The van der Waals surface area contributed by atoms with Crippen LogP contribution in [0.5, 0.6) is 5.75 Å². The van der Waals surface area contributed by atoms with Gasteiger partial charge in [0.2, 0.25) is 15.9 Å². The van der Waals surface area contributed by atoms with E-state index in [1.807, 2.05) is 0 Å². The van der Waals surface area contributed by atoms with E-state index in [0.717, 1.165) is 6.07 Å². The van der Waals surface area contributed by atoms with Crippen LogP contribution in [-0.4, -0.2) is 72.0 Å². The number of aromatic nitrogens is 2. The summed E-state index contributed by atoms with van der Waals surface area (Å²) in [5, 5.41) is -0.0405. The lowest BCUT2D eigenvalue weighted by atomic mass is 10.1. The number of alkyl halides is 3. The minimum absolute atomic E-state index is 0.00944. The number of hydrogen-bond donors (Lipinski definition) is 1. The van der Waals surface area contributed by atoms with Crippen molar-refractivity contribution in [2.24, 2.45) is 5.73 Å². The Morgan fingerprint density at radius 2 is 1.82 bits per heavy atom. The first-order valence-corrected chi connectivity index (χ1v) is 13.5. The quantitative estimate of drug-likeness (QED) is 0.492. The van der Waals surface area contributed by atoms with E-state index in [9.17, 15) is 26.4 Å². The Hall–Kier alpha value is -3.23. The standard InChI is InChI=1S/C24H26F3N5O5S/c1-13(28)21-20(23(33)31-9-11-32(12-10-31)38(34,35)14-3-4-14)30-22(37-21)16-5-7-17(36-2)19-15(16)6-8-18(29-19)24(25,26)27/h5-8,13-14H,3-4,9-12,28H2,1-2H3/t13-/m0/s1. The number of carbonyl (C=O) groups excluding carboxylic acids is 1. The molecule has 10 nitrogen and oxygen atoms in total. The molecule has 1 aliphatic carbocycles. The third-order valence-electron chi connectivity index (χ3n) is 6.66. The van der Waals surface area contributed by atoms with Crippen molar-refractivity contribution >= 4 is 26.8 Å². The van der Waals surface area contributed by atoms with Crippen molar-refractivity contribution in [3.05, 3.63) is 41.4 Å². The van der Waals surface area contributed by atoms with Crippen LogP contribution in [-0.2, 0) is 16.2 Å². The number of amides is 1. The van der Waals surface area contributed by atoms with Gasteiger partial charge in [0, 0.05) is 37.1 Å². The summed E-state index contributed by atoms with van der Waals surface area (Å²) in [6.07, 6.45) is -3.33. The van der Waals surface area contributed by atoms with Crippen LogP contribution in [0.4, 0.5) is 13.2 Å². The molecule has 5 rings (SSSR count). The molecule has 3 heterocycles. The molecular formula is C24H26F3N5O5S. The first-order valence-electron chi connectivity index (χ1n) is 12.0. The van der Waals surface area contributed by atoms with Crippen molar-refractivity contribution in [2.75, 3.05) is 33.3 Å². The molecule has 0 bridgehead atoms. The van der Waals surface area contributed by atoms with E-state index in [1.54, 1.807) is 13.0 Å². The van der Waals surface area contributed by atoms with E-state index in [2.05, 4.69) is 9.97 Å². The molecule has 14 heteroatoms. The summed E-state index contributed by atoms with van der Waals surface area (Å²) >= 11 is 0. The highest BCUT2D eigenvalue weighted by molar-refractivity contribution is 7.90. The summed E-state index contributed by atoms with van der Waals surface area (Å²) < 4.78 is 77.4. The number of ether oxygens (including phenoxy) is 1. The van der Waals surface area contributed by atoms with Gasteiger partial charge in [0.05, 0.1) is 18.4 Å². The van der Waals surface area contributed by atoms with Crippen molar-refractivity contribution in [3.8, 4) is 17.2 Å². The Morgan fingerprint density at radius 1 is 1.13 bits per heavy atom. The summed E-state index contributed by atoms with van der Waals surface area (Å²) in [6.45, 7) is 2.34. The number of oxazole rings is 1. The van der Waals surface area contributed by atoms with Crippen molar-refractivity contribution in [1.29, 1.82) is 0 Å². The van der Waals surface area contributed by atoms with Gasteiger partial charge in [-0.15, -0.1) is 0 Å². The number of methoxy groups -OCH3 is 1. The number of piperazine rings is 1. The Kier molecular flexibility index (Phi) is 6.60. The second-order valence-corrected chi connectivity index (χ2v) is 11.6. The Morgan fingerprint density at radius 3 is 2.39 bits per heavy atom. The van der Waals surface area contributed by atoms with E-state index in [-0.39, 0.29) is 65.4 Å². The highest BCUT2D eigenvalue weighted by Crippen LogP contribution is 2.38. The minimum atomic E-state index is -4.65. The SMILES string of the molecule is COc1ccc(-c2nc(C(=O)N3CCN(S(=O)(=O)C4CC4)CC3)c([C@H](C)N)o2)c2ccc(C(F)(F)F)nc12. The van der Waals surface area contributed by atoms with Gasteiger partial charge in [-0.25, -0.2) is 18.4 Å². The molecule has 1 aliphatic heterocycles. The maximum absolute atomic E-state index is 13.4. The number of hydrogen-bond acceptors (Lipinski definition) is 8. The largest absolute Gasteiger partial charge is 0.494 e. The molecule has 2 fully saturated rings. The number of fused-ring (bicyclic) bond motifs is 1. The van der Waals surface area contributed by atoms with E-state index < -0.39 is 33.8 Å². The summed E-state index contributed by atoms with van der Waals surface area (Å²) in [5.74, 6) is -0.234. The fourth-order valence-electron chi connectivity index (χ4n) is 4.48. The molecule has 2 aromatic heterocycles. The predicted octanol–water partition coefficient (Wildman–Crippen LogP) is 3.19. The molecule has 2 N–H and O–H groups in total. The zero-order valence-corrected chi connectivity index (χ0v) is 21.5. The summed E-state index contributed by atoms with van der Waals surface area (Å²) in [7, 11) is -2.02. The van der Waals surface area contributed by atoms with Crippen molar-refractivity contribution < 1.29 is 35.5 Å². The molecule has 1 amide bonds. The van der Waals surface area contributed by atoms with Gasteiger partial charge in [-0.1, -0.05) is 0 Å². The summed E-state index contributed by atoms with van der Waals surface area (Å²) in [6, 6.07) is 4.39. The number of halogens is 3. The molecule has 38 heavy (non-hydrogen) atoms. The number of benzene rings is 1. The normalized spacial score (nSPS) is 18.1. The second-order valence-electron chi connectivity index (χ2n) is 9.36. The molecule has 3 aromatic rings. The Balaban J connectivity index is 1.48. The molecule has 1 saturated carbocycles. The van der Waals surface area contributed by atoms with E-state index >= 15 is 0 Å². The average Bonchev–Trinajstić information content (AvgIpc) is 3.66. The number of nitrogens with two attached hydrogens (primary N) is 1. The molecule has 1 aromatic carbocycles. The van der Waals surface area contributed by atoms with Crippen LogP contribution < -0.4 is 10.5 Å². The lowest BCUT2D eigenvalue weighted by Crippen LogP contribution is -2.51. The highest BCUT2D eigenvalue weighted by Gasteiger charge is 2.42. The zero-order chi connectivity index (χ0) is 27.4. The number of sulfonamides is 1. The van der Waals surface area contributed by atoms with Gasteiger partial charge in [-0.05, 0) is 44.0 Å². The molecule has 0 spiro atoms. The van der Waals surface area contributed by atoms with Crippen LogP contribution in [0.25, 0.3) is 22.4 Å². The minimum Gasteiger partial charge on any atom is -0.494 e. The lowest BCUT2D eigenvalue weighted by molar-refractivity contribution is -0.140. The zero-order valence-electron chi connectivity index (χ0n) is 20.7. The van der Waals surface area contributed by atoms with Crippen LogP contribution in [0.2, 0.25) is 0 Å². The van der Waals surface area contributed by atoms with E-state index in [4.69, 9.17) is 14.9 Å². The third kappa shape index (κ3) is 4.71.